The molecule has 5 rings (SSSR count). The van der Waals surface area contributed by atoms with Crippen molar-refractivity contribution in [1.29, 1.82) is 0 Å². The Morgan fingerprint density at radius 3 is 2.12 bits per heavy atom. The van der Waals surface area contributed by atoms with Crippen molar-refractivity contribution in [3.63, 3.8) is 0 Å². The summed E-state index contributed by atoms with van der Waals surface area (Å²) in [5.74, 6) is 0.353. The van der Waals surface area contributed by atoms with Gasteiger partial charge in [0.15, 0.2) is 0 Å². The fourth-order valence-corrected chi connectivity index (χ4v) is 6.77. The van der Waals surface area contributed by atoms with E-state index in [4.69, 9.17) is 9.31 Å². The van der Waals surface area contributed by atoms with Crippen molar-refractivity contribution >= 4 is 13.0 Å². The number of likely N-dealkylation sites (tertiary alicyclic amines) is 1. The Kier molecular flexibility index (Phi) is 5.90. The first-order valence-corrected chi connectivity index (χ1v) is 13.5. The van der Waals surface area contributed by atoms with E-state index in [1.54, 1.807) is 0 Å². The van der Waals surface area contributed by atoms with Gasteiger partial charge in [-0.2, -0.15) is 0 Å². The van der Waals surface area contributed by atoms with Crippen LogP contribution in [0.3, 0.4) is 0 Å². The molecule has 3 fully saturated rings. The van der Waals surface area contributed by atoms with E-state index in [9.17, 15) is 4.79 Å². The standard InChI is InChI=1S/C27H43BN2O3/c1-7-27(8-2)22-13-12-19(28-32-25(3,4)26(5,6)33-28)16-23(22)30(24(27)31)21-17-20(18-21)29-14-10-9-11-15-29/h16,20-21H,7-15,17-18H2,1-6H3. The fraction of sp³-hybridized carbons (Fsp3) is 0.815. The van der Waals surface area contributed by atoms with Crippen molar-refractivity contribution in [1.82, 2.24) is 9.80 Å². The second kappa shape index (κ2) is 8.24. The molecular weight excluding hydrogens is 411 g/mol. The zero-order valence-corrected chi connectivity index (χ0v) is 21.7. The molecule has 0 N–H and O–H groups in total. The SMILES string of the molecule is CCC1(CC)C(=O)N(C2CC(N3CCCCC3)C2)C2=C1CCC(B1OC(C)(C)C(C)(C)O1)=C2. The van der Waals surface area contributed by atoms with Gasteiger partial charge in [0.1, 0.15) is 0 Å². The monoisotopic (exact) mass is 454 g/mol. The lowest BCUT2D eigenvalue weighted by Crippen LogP contribution is -2.56. The summed E-state index contributed by atoms with van der Waals surface area (Å²) >= 11 is 0. The summed E-state index contributed by atoms with van der Waals surface area (Å²) in [6.45, 7) is 15.3. The highest BCUT2D eigenvalue weighted by Gasteiger charge is 2.56. The van der Waals surface area contributed by atoms with Crippen molar-refractivity contribution in [2.45, 2.75) is 123 Å². The Labute approximate surface area is 201 Å². The highest BCUT2D eigenvalue weighted by molar-refractivity contribution is 6.54. The predicted molar refractivity (Wildman–Crippen MR) is 133 cm³/mol. The second-order valence-electron chi connectivity index (χ2n) is 12.0. The molecule has 0 aromatic heterocycles. The average Bonchev–Trinajstić information content (AvgIpc) is 3.13. The van der Waals surface area contributed by atoms with Crippen LogP contribution in [0.25, 0.3) is 0 Å². The van der Waals surface area contributed by atoms with Crippen LogP contribution in [0.5, 0.6) is 0 Å². The van der Waals surface area contributed by atoms with Crippen LogP contribution < -0.4 is 0 Å². The molecule has 6 heteroatoms. The third kappa shape index (κ3) is 3.58. The minimum absolute atomic E-state index is 0.316. The topological polar surface area (TPSA) is 42.0 Å². The number of allylic oxidation sites excluding steroid dienone is 2. The van der Waals surface area contributed by atoms with Crippen LogP contribution in [-0.4, -0.2) is 59.2 Å². The Bertz CT molecular complexity index is 845. The summed E-state index contributed by atoms with van der Waals surface area (Å²) in [6.07, 6.45) is 12.2. The summed E-state index contributed by atoms with van der Waals surface area (Å²) in [5.41, 5.74) is 2.75. The van der Waals surface area contributed by atoms with E-state index in [-0.39, 0.29) is 23.7 Å². The Hall–Kier alpha value is -1.11. The van der Waals surface area contributed by atoms with E-state index in [0.29, 0.717) is 18.0 Å². The molecule has 0 unspecified atom stereocenters. The molecule has 5 aliphatic rings. The number of carbonyl (C=O) groups excluding carboxylic acids is 1. The van der Waals surface area contributed by atoms with Crippen LogP contribution >= 0.6 is 0 Å². The molecule has 0 spiro atoms. The molecule has 0 aromatic rings. The van der Waals surface area contributed by atoms with Crippen molar-refractivity contribution in [2.75, 3.05) is 13.1 Å². The smallest absolute Gasteiger partial charge is 0.400 e. The van der Waals surface area contributed by atoms with Gasteiger partial charge >= 0.3 is 7.12 Å². The first-order valence-electron chi connectivity index (χ1n) is 13.5. The maximum absolute atomic E-state index is 14.0. The molecule has 0 radical (unpaired) electrons. The van der Waals surface area contributed by atoms with Crippen LogP contribution in [0, 0.1) is 5.41 Å². The van der Waals surface area contributed by atoms with Gasteiger partial charge in [-0.15, -0.1) is 0 Å². The third-order valence-electron chi connectivity index (χ3n) is 9.88. The Balaban J connectivity index is 1.42. The van der Waals surface area contributed by atoms with Crippen LogP contribution in [0.15, 0.2) is 22.8 Å². The number of amides is 1. The van der Waals surface area contributed by atoms with Gasteiger partial charge < -0.3 is 19.1 Å². The number of nitrogens with zero attached hydrogens (tertiary/aromatic N) is 2. The number of piperidine rings is 1. The molecular formula is C27H43BN2O3. The van der Waals surface area contributed by atoms with Gasteiger partial charge in [-0.25, -0.2) is 0 Å². The first kappa shape index (κ1) is 23.6. The van der Waals surface area contributed by atoms with E-state index in [0.717, 1.165) is 38.5 Å². The zero-order chi connectivity index (χ0) is 23.6. The molecule has 2 aliphatic carbocycles. The highest BCUT2D eigenvalue weighted by Crippen LogP contribution is 2.53. The summed E-state index contributed by atoms with van der Waals surface area (Å²) in [6, 6.07) is 0.990. The highest BCUT2D eigenvalue weighted by atomic mass is 16.7. The van der Waals surface area contributed by atoms with Crippen molar-refractivity contribution in [2.24, 2.45) is 5.41 Å². The molecule has 3 heterocycles. The Morgan fingerprint density at radius 1 is 0.939 bits per heavy atom. The lowest BCUT2D eigenvalue weighted by molar-refractivity contribution is -0.140. The molecule has 2 saturated heterocycles. The van der Waals surface area contributed by atoms with E-state index in [1.807, 2.05) is 0 Å². The van der Waals surface area contributed by atoms with Crippen LogP contribution in [0.1, 0.15) is 99.3 Å². The molecule has 1 amide bonds. The minimum atomic E-state index is -0.343. The van der Waals surface area contributed by atoms with Gasteiger partial charge in [-0.1, -0.05) is 20.3 Å². The van der Waals surface area contributed by atoms with Crippen molar-refractivity contribution < 1.29 is 14.1 Å². The van der Waals surface area contributed by atoms with Crippen LogP contribution in [0.4, 0.5) is 0 Å². The summed E-state index contributed by atoms with van der Waals surface area (Å²) in [4.78, 5) is 18.9. The van der Waals surface area contributed by atoms with E-state index in [1.165, 1.54) is 49.1 Å². The molecule has 5 nitrogen and oxygen atoms in total. The second-order valence-corrected chi connectivity index (χ2v) is 12.0. The molecule has 0 bridgehead atoms. The third-order valence-corrected chi connectivity index (χ3v) is 9.88. The average molecular weight is 454 g/mol. The summed E-state index contributed by atoms with van der Waals surface area (Å²) in [5, 5.41) is 0. The predicted octanol–water partition coefficient (Wildman–Crippen LogP) is 5.26. The maximum atomic E-state index is 14.0. The van der Waals surface area contributed by atoms with Gasteiger partial charge in [0.05, 0.1) is 16.6 Å². The number of rotatable bonds is 5. The number of hydrogen-bond acceptors (Lipinski definition) is 4. The van der Waals surface area contributed by atoms with Gasteiger partial charge in [-0.3, -0.25) is 4.79 Å². The lowest BCUT2D eigenvalue weighted by Gasteiger charge is -2.48. The van der Waals surface area contributed by atoms with Crippen molar-refractivity contribution in [3.8, 4) is 0 Å². The van der Waals surface area contributed by atoms with E-state index < -0.39 is 0 Å². The fourth-order valence-electron chi connectivity index (χ4n) is 6.77. The molecule has 1 saturated carbocycles. The molecule has 0 atom stereocenters. The van der Waals surface area contributed by atoms with E-state index in [2.05, 4.69) is 57.4 Å². The largest absolute Gasteiger partial charge is 0.490 e. The van der Waals surface area contributed by atoms with Crippen LogP contribution in [0.2, 0.25) is 0 Å². The molecule has 182 valence electrons. The van der Waals surface area contributed by atoms with Gasteiger partial charge in [-0.05, 0) is 109 Å². The number of carbonyl (C=O) groups is 1. The van der Waals surface area contributed by atoms with Gasteiger partial charge in [0.2, 0.25) is 5.91 Å². The zero-order valence-electron chi connectivity index (χ0n) is 21.7. The van der Waals surface area contributed by atoms with Gasteiger partial charge in [0, 0.05) is 17.8 Å². The van der Waals surface area contributed by atoms with Crippen LogP contribution in [-0.2, 0) is 14.1 Å². The normalized spacial score (nSPS) is 33.3. The minimum Gasteiger partial charge on any atom is -0.400 e. The van der Waals surface area contributed by atoms with Gasteiger partial charge in [0.25, 0.3) is 0 Å². The Morgan fingerprint density at radius 2 is 1.55 bits per heavy atom. The quantitative estimate of drug-likeness (QED) is 0.532. The number of hydrogen-bond donors (Lipinski definition) is 0. The molecule has 33 heavy (non-hydrogen) atoms. The maximum Gasteiger partial charge on any atom is 0.490 e. The summed E-state index contributed by atoms with van der Waals surface area (Å²) in [7, 11) is -0.318. The molecule has 3 aliphatic heterocycles. The summed E-state index contributed by atoms with van der Waals surface area (Å²) < 4.78 is 12.8. The first-order chi connectivity index (χ1) is 15.6. The van der Waals surface area contributed by atoms with E-state index >= 15 is 0 Å². The molecule has 0 aromatic carbocycles. The lowest BCUT2D eigenvalue weighted by atomic mass is 9.67. The van der Waals surface area contributed by atoms with Crippen molar-refractivity contribution in [3.05, 3.63) is 22.8 Å².